The fourth-order valence-corrected chi connectivity index (χ4v) is 3.11. The number of hydrogen-bond acceptors (Lipinski definition) is 6. The van der Waals surface area contributed by atoms with E-state index in [0.717, 1.165) is 16.7 Å². The summed E-state index contributed by atoms with van der Waals surface area (Å²) in [5, 5.41) is 8.13. The van der Waals surface area contributed by atoms with Crippen LogP contribution in [-0.4, -0.2) is 40.1 Å². The fraction of sp³-hybridized carbons (Fsp3) is 0.130. The predicted octanol–water partition coefficient (Wildman–Crippen LogP) is 4.08. The quantitative estimate of drug-likeness (QED) is 0.485. The average molecular weight is 400 g/mol. The van der Waals surface area contributed by atoms with E-state index in [0.29, 0.717) is 23.1 Å². The van der Waals surface area contributed by atoms with Gasteiger partial charge < -0.3 is 14.1 Å². The second-order valence-electron chi connectivity index (χ2n) is 6.68. The fourth-order valence-electron chi connectivity index (χ4n) is 3.11. The summed E-state index contributed by atoms with van der Waals surface area (Å²) in [4.78, 5) is 18.6. The second kappa shape index (κ2) is 8.57. The molecule has 0 saturated heterocycles. The Morgan fingerprint density at radius 1 is 1.03 bits per heavy atom. The van der Waals surface area contributed by atoms with E-state index < -0.39 is 0 Å². The molecule has 1 amide bonds. The zero-order valence-electron chi connectivity index (χ0n) is 16.6. The molecule has 0 radical (unpaired) electrons. The zero-order chi connectivity index (χ0) is 20.9. The van der Waals surface area contributed by atoms with Gasteiger partial charge in [0.1, 0.15) is 5.75 Å². The summed E-state index contributed by atoms with van der Waals surface area (Å²) in [5.74, 6) is 1.30. The molecule has 0 fully saturated rings. The van der Waals surface area contributed by atoms with E-state index >= 15 is 0 Å². The lowest BCUT2D eigenvalue weighted by atomic mass is 10.0. The summed E-state index contributed by atoms with van der Waals surface area (Å²) in [6.07, 6.45) is 3.34. The third-order valence-corrected chi connectivity index (χ3v) is 4.63. The summed E-state index contributed by atoms with van der Waals surface area (Å²) in [6.45, 7) is 0.210. The van der Waals surface area contributed by atoms with Gasteiger partial charge in [0.15, 0.2) is 0 Å². The molecular weight excluding hydrogens is 380 g/mol. The van der Waals surface area contributed by atoms with E-state index in [-0.39, 0.29) is 12.5 Å². The first-order valence-electron chi connectivity index (χ1n) is 9.37. The van der Waals surface area contributed by atoms with Crippen LogP contribution in [-0.2, 0) is 6.54 Å². The molecule has 0 saturated carbocycles. The molecule has 2 heterocycles. The number of methoxy groups -OCH3 is 1. The summed E-state index contributed by atoms with van der Waals surface area (Å²) in [5.41, 5.74) is 3.13. The Hall–Kier alpha value is -4.00. The molecule has 150 valence electrons. The first-order valence-corrected chi connectivity index (χ1v) is 9.37. The summed E-state index contributed by atoms with van der Waals surface area (Å²) in [6, 6.07) is 18.8. The molecule has 2 aromatic heterocycles. The molecule has 0 spiro atoms. The van der Waals surface area contributed by atoms with Crippen molar-refractivity contribution in [3.63, 3.8) is 0 Å². The van der Waals surface area contributed by atoms with Crippen LogP contribution in [0, 0.1) is 0 Å². The molecule has 4 aromatic rings. The number of rotatable bonds is 6. The maximum Gasteiger partial charge on any atom is 0.254 e. The van der Waals surface area contributed by atoms with Crippen molar-refractivity contribution in [3.05, 3.63) is 84.5 Å². The van der Waals surface area contributed by atoms with Crippen molar-refractivity contribution >= 4 is 5.91 Å². The number of nitrogens with zero attached hydrogens (tertiary/aromatic N) is 4. The van der Waals surface area contributed by atoms with Gasteiger partial charge in [-0.1, -0.05) is 30.3 Å². The number of pyridine rings is 1. The Morgan fingerprint density at radius 2 is 1.83 bits per heavy atom. The first-order chi connectivity index (χ1) is 14.7. The molecule has 7 heteroatoms. The van der Waals surface area contributed by atoms with Gasteiger partial charge in [0, 0.05) is 29.9 Å². The van der Waals surface area contributed by atoms with Crippen molar-refractivity contribution in [2.24, 2.45) is 0 Å². The topological polar surface area (TPSA) is 81.4 Å². The van der Waals surface area contributed by atoms with Crippen molar-refractivity contribution in [2.45, 2.75) is 6.54 Å². The van der Waals surface area contributed by atoms with Crippen LogP contribution in [0.2, 0.25) is 0 Å². The van der Waals surface area contributed by atoms with Crippen LogP contribution >= 0.6 is 0 Å². The smallest absolute Gasteiger partial charge is 0.254 e. The molecule has 0 aliphatic carbocycles. The highest BCUT2D eigenvalue weighted by molar-refractivity contribution is 5.95. The predicted molar refractivity (Wildman–Crippen MR) is 112 cm³/mol. The highest BCUT2D eigenvalue weighted by atomic mass is 16.5. The lowest BCUT2D eigenvalue weighted by molar-refractivity contribution is 0.0773. The van der Waals surface area contributed by atoms with Crippen LogP contribution in [0.15, 0.2) is 77.5 Å². The Morgan fingerprint density at radius 3 is 2.63 bits per heavy atom. The number of amides is 1. The monoisotopic (exact) mass is 400 g/mol. The Balaban J connectivity index is 1.52. The number of hydrogen-bond donors (Lipinski definition) is 0. The van der Waals surface area contributed by atoms with E-state index in [4.69, 9.17) is 9.15 Å². The number of aromatic nitrogens is 3. The maximum absolute atomic E-state index is 13.0. The molecule has 2 aromatic carbocycles. The van der Waals surface area contributed by atoms with Crippen LogP contribution in [0.25, 0.3) is 22.6 Å². The van der Waals surface area contributed by atoms with Crippen molar-refractivity contribution < 1.29 is 13.9 Å². The molecule has 0 aliphatic rings. The Bertz CT molecular complexity index is 1160. The maximum atomic E-state index is 13.0. The van der Waals surface area contributed by atoms with Crippen molar-refractivity contribution in [3.8, 4) is 28.3 Å². The minimum absolute atomic E-state index is 0.149. The highest BCUT2D eigenvalue weighted by Crippen LogP contribution is 2.29. The molecule has 0 atom stereocenters. The summed E-state index contributed by atoms with van der Waals surface area (Å²) < 4.78 is 11.1. The molecule has 30 heavy (non-hydrogen) atoms. The Labute approximate surface area is 174 Å². The lowest BCUT2D eigenvalue weighted by Crippen LogP contribution is -2.26. The molecule has 0 unspecified atom stereocenters. The summed E-state index contributed by atoms with van der Waals surface area (Å²) in [7, 11) is 3.30. The largest absolute Gasteiger partial charge is 0.494 e. The van der Waals surface area contributed by atoms with Crippen molar-refractivity contribution in [1.29, 1.82) is 0 Å². The van der Waals surface area contributed by atoms with E-state index in [9.17, 15) is 4.79 Å². The van der Waals surface area contributed by atoms with E-state index in [2.05, 4.69) is 15.2 Å². The first kappa shape index (κ1) is 19.3. The van der Waals surface area contributed by atoms with Crippen LogP contribution in [0.1, 0.15) is 16.2 Å². The van der Waals surface area contributed by atoms with Crippen LogP contribution in [0.4, 0.5) is 0 Å². The van der Waals surface area contributed by atoms with Gasteiger partial charge in [-0.2, -0.15) is 0 Å². The molecule has 4 rings (SSSR count). The molecular formula is C23H20N4O3. The number of ether oxygens (including phenoxy) is 1. The van der Waals surface area contributed by atoms with Crippen LogP contribution in [0.3, 0.4) is 0 Å². The third-order valence-electron chi connectivity index (χ3n) is 4.63. The van der Waals surface area contributed by atoms with Gasteiger partial charge in [-0.25, -0.2) is 0 Å². The number of benzene rings is 2. The second-order valence-corrected chi connectivity index (χ2v) is 6.68. The molecule has 0 N–H and O–H groups in total. The standard InChI is InChI=1S/C23H20N4O3/c1-27(15-21-25-26-22(30-21)16-7-4-3-5-8-16)23(28)18-10-6-9-17(13-18)19-11-12-24-14-20(19)29-2/h3-14H,15H2,1-2H3. The minimum Gasteiger partial charge on any atom is -0.494 e. The lowest BCUT2D eigenvalue weighted by Gasteiger charge is -2.16. The van der Waals surface area contributed by atoms with Crippen molar-refractivity contribution in [1.82, 2.24) is 20.1 Å². The number of carbonyl (C=O) groups excluding carboxylic acids is 1. The van der Waals surface area contributed by atoms with E-state index in [1.165, 1.54) is 0 Å². The van der Waals surface area contributed by atoms with Gasteiger partial charge in [0.05, 0.1) is 19.9 Å². The van der Waals surface area contributed by atoms with Crippen LogP contribution in [0.5, 0.6) is 5.75 Å². The van der Waals surface area contributed by atoms with Gasteiger partial charge in [0.2, 0.25) is 11.8 Å². The SMILES string of the molecule is COc1cnccc1-c1cccc(C(=O)N(C)Cc2nnc(-c3ccccc3)o2)c1. The highest BCUT2D eigenvalue weighted by Gasteiger charge is 2.17. The molecule has 7 nitrogen and oxygen atoms in total. The Kier molecular flexibility index (Phi) is 5.52. The van der Waals surface area contributed by atoms with Crippen LogP contribution < -0.4 is 4.74 Å². The van der Waals surface area contributed by atoms with Gasteiger partial charge in [-0.05, 0) is 35.9 Å². The number of carbonyl (C=O) groups is 1. The van der Waals surface area contributed by atoms with Gasteiger partial charge in [0.25, 0.3) is 5.91 Å². The molecule has 0 bridgehead atoms. The zero-order valence-corrected chi connectivity index (χ0v) is 16.6. The van der Waals surface area contributed by atoms with E-state index in [1.54, 1.807) is 37.5 Å². The minimum atomic E-state index is -0.149. The third kappa shape index (κ3) is 4.05. The van der Waals surface area contributed by atoms with Gasteiger partial charge >= 0.3 is 0 Å². The van der Waals surface area contributed by atoms with Gasteiger partial charge in [-0.3, -0.25) is 9.78 Å². The molecule has 0 aliphatic heterocycles. The summed E-state index contributed by atoms with van der Waals surface area (Å²) >= 11 is 0. The van der Waals surface area contributed by atoms with Gasteiger partial charge in [-0.15, -0.1) is 10.2 Å². The van der Waals surface area contributed by atoms with E-state index in [1.807, 2.05) is 54.6 Å². The normalized spacial score (nSPS) is 10.6. The van der Waals surface area contributed by atoms with Crippen molar-refractivity contribution in [2.75, 3.05) is 14.2 Å². The average Bonchev–Trinajstić information content (AvgIpc) is 3.27.